The minimum atomic E-state index is -0.772. The van der Waals surface area contributed by atoms with Crippen molar-refractivity contribution in [1.29, 1.82) is 0 Å². The summed E-state index contributed by atoms with van der Waals surface area (Å²) >= 11 is 0. The van der Waals surface area contributed by atoms with Crippen molar-refractivity contribution in [2.75, 3.05) is 13.1 Å². The maximum Gasteiger partial charge on any atom is 0.304 e. The molecule has 0 aliphatic carbocycles. The van der Waals surface area contributed by atoms with Gasteiger partial charge in [0, 0.05) is 13.6 Å². The molecule has 0 aromatic carbocycles. The minimum Gasteiger partial charge on any atom is -0.481 e. The number of hydrogen-bond acceptors (Lipinski definition) is 4. The number of hydrogen-bond donors (Lipinski definition) is 1. The predicted octanol–water partition coefficient (Wildman–Crippen LogP) is 0.112. The van der Waals surface area contributed by atoms with Gasteiger partial charge in [0.2, 0.25) is 0 Å². The van der Waals surface area contributed by atoms with Gasteiger partial charge in [-0.2, -0.15) is 0 Å². The van der Waals surface area contributed by atoms with Crippen LogP contribution in [0.15, 0.2) is 6.33 Å². The molecule has 1 aromatic rings. The van der Waals surface area contributed by atoms with Crippen molar-refractivity contribution in [1.82, 2.24) is 19.7 Å². The second-order valence-corrected chi connectivity index (χ2v) is 3.37. The Hall–Kier alpha value is -1.43. The molecule has 1 rings (SSSR count). The van der Waals surface area contributed by atoms with Crippen molar-refractivity contribution in [3.05, 3.63) is 12.2 Å². The van der Waals surface area contributed by atoms with Gasteiger partial charge in [0.05, 0.1) is 13.0 Å². The number of rotatable bonds is 6. The second kappa shape index (κ2) is 5.45. The zero-order chi connectivity index (χ0) is 11.3. The normalized spacial score (nSPS) is 10.9. The first kappa shape index (κ1) is 11.6. The van der Waals surface area contributed by atoms with Crippen molar-refractivity contribution in [3.63, 3.8) is 0 Å². The fourth-order valence-electron chi connectivity index (χ4n) is 1.25. The van der Waals surface area contributed by atoms with Crippen molar-refractivity contribution in [3.8, 4) is 0 Å². The van der Waals surface area contributed by atoms with Crippen molar-refractivity contribution in [2.45, 2.75) is 19.9 Å². The van der Waals surface area contributed by atoms with E-state index in [1.807, 2.05) is 23.4 Å². The van der Waals surface area contributed by atoms with Gasteiger partial charge in [-0.15, -0.1) is 10.2 Å². The van der Waals surface area contributed by atoms with Gasteiger partial charge in [0.25, 0.3) is 0 Å². The number of carboxylic acids is 1. The molecule has 0 spiro atoms. The van der Waals surface area contributed by atoms with E-state index >= 15 is 0 Å². The smallest absolute Gasteiger partial charge is 0.304 e. The van der Waals surface area contributed by atoms with Crippen LogP contribution in [-0.4, -0.2) is 43.8 Å². The third kappa shape index (κ3) is 3.67. The topological polar surface area (TPSA) is 71.2 Å². The zero-order valence-corrected chi connectivity index (χ0v) is 9.05. The van der Waals surface area contributed by atoms with Gasteiger partial charge in [-0.3, -0.25) is 9.69 Å². The average molecular weight is 212 g/mol. The van der Waals surface area contributed by atoms with Gasteiger partial charge in [0.15, 0.2) is 0 Å². The highest BCUT2D eigenvalue weighted by molar-refractivity contribution is 5.66. The first-order valence-electron chi connectivity index (χ1n) is 4.90. The van der Waals surface area contributed by atoms with E-state index in [0.717, 1.165) is 12.4 Å². The van der Waals surface area contributed by atoms with E-state index in [0.29, 0.717) is 13.1 Å². The first-order chi connectivity index (χ1) is 7.13. The van der Waals surface area contributed by atoms with Crippen LogP contribution in [0, 0.1) is 0 Å². The van der Waals surface area contributed by atoms with Gasteiger partial charge in [-0.1, -0.05) is 6.92 Å². The molecule has 1 N–H and O–H groups in total. The van der Waals surface area contributed by atoms with Gasteiger partial charge in [0.1, 0.15) is 12.2 Å². The molecule has 84 valence electrons. The Morgan fingerprint density at radius 2 is 2.40 bits per heavy atom. The highest BCUT2D eigenvalue weighted by atomic mass is 16.4. The first-order valence-corrected chi connectivity index (χ1v) is 4.90. The molecule has 0 aliphatic rings. The lowest BCUT2D eigenvalue weighted by Gasteiger charge is -2.18. The lowest BCUT2D eigenvalue weighted by atomic mass is 10.3. The molecule has 1 aromatic heterocycles. The van der Waals surface area contributed by atoms with Gasteiger partial charge >= 0.3 is 5.97 Å². The largest absolute Gasteiger partial charge is 0.481 e. The molecule has 0 aliphatic heterocycles. The summed E-state index contributed by atoms with van der Waals surface area (Å²) in [5.41, 5.74) is 0. The third-order valence-corrected chi connectivity index (χ3v) is 2.26. The average Bonchev–Trinajstić information content (AvgIpc) is 2.58. The molecule has 0 saturated carbocycles. The van der Waals surface area contributed by atoms with Crippen LogP contribution < -0.4 is 0 Å². The van der Waals surface area contributed by atoms with E-state index < -0.39 is 5.97 Å². The summed E-state index contributed by atoms with van der Waals surface area (Å²) in [6.45, 7) is 3.98. The molecule has 0 fully saturated rings. The molecule has 0 saturated heterocycles. The third-order valence-electron chi connectivity index (χ3n) is 2.26. The Kier molecular flexibility index (Phi) is 4.23. The molecular formula is C9H16N4O2. The van der Waals surface area contributed by atoms with E-state index in [9.17, 15) is 4.79 Å². The van der Waals surface area contributed by atoms with Crippen molar-refractivity contribution >= 4 is 5.97 Å². The van der Waals surface area contributed by atoms with Crippen LogP contribution in [0.3, 0.4) is 0 Å². The van der Waals surface area contributed by atoms with Crippen molar-refractivity contribution in [2.24, 2.45) is 7.05 Å². The maximum absolute atomic E-state index is 10.4. The van der Waals surface area contributed by atoms with Crippen LogP contribution >= 0.6 is 0 Å². The lowest BCUT2D eigenvalue weighted by molar-refractivity contribution is -0.137. The summed E-state index contributed by atoms with van der Waals surface area (Å²) in [6.07, 6.45) is 1.80. The maximum atomic E-state index is 10.4. The summed E-state index contributed by atoms with van der Waals surface area (Å²) in [7, 11) is 1.88. The van der Waals surface area contributed by atoms with Crippen LogP contribution in [0.1, 0.15) is 19.2 Å². The Bertz CT molecular complexity index is 324. The van der Waals surface area contributed by atoms with Gasteiger partial charge in [-0.25, -0.2) is 0 Å². The van der Waals surface area contributed by atoms with E-state index in [1.165, 1.54) is 0 Å². The van der Waals surface area contributed by atoms with Gasteiger partial charge in [-0.05, 0) is 6.54 Å². The second-order valence-electron chi connectivity index (χ2n) is 3.37. The Morgan fingerprint density at radius 3 is 2.87 bits per heavy atom. The summed E-state index contributed by atoms with van der Waals surface area (Å²) in [5, 5.41) is 16.3. The van der Waals surface area contributed by atoms with E-state index in [2.05, 4.69) is 10.2 Å². The van der Waals surface area contributed by atoms with Crippen LogP contribution in [0.2, 0.25) is 0 Å². The summed E-state index contributed by atoms with van der Waals surface area (Å²) in [4.78, 5) is 12.5. The fraction of sp³-hybridized carbons (Fsp3) is 0.667. The molecule has 0 amide bonds. The fourth-order valence-corrected chi connectivity index (χ4v) is 1.25. The summed E-state index contributed by atoms with van der Waals surface area (Å²) in [5.74, 6) is 0.0775. The van der Waals surface area contributed by atoms with Crippen LogP contribution in [0.25, 0.3) is 0 Å². The molecule has 0 atom stereocenters. The number of nitrogens with zero attached hydrogens (tertiary/aromatic N) is 4. The van der Waals surface area contributed by atoms with Crippen molar-refractivity contribution < 1.29 is 9.90 Å². The molecule has 15 heavy (non-hydrogen) atoms. The zero-order valence-electron chi connectivity index (χ0n) is 9.05. The number of aliphatic carboxylic acids is 1. The minimum absolute atomic E-state index is 0.158. The number of carbonyl (C=O) groups is 1. The Labute approximate surface area is 88.5 Å². The molecular weight excluding hydrogens is 196 g/mol. The number of aryl methyl sites for hydroxylation is 1. The molecule has 1 heterocycles. The van der Waals surface area contributed by atoms with Crippen LogP contribution in [0.5, 0.6) is 0 Å². The van der Waals surface area contributed by atoms with Gasteiger partial charge < -0.3 is 9.67 Å². The molecule has 6 nitrogen and oxygen atoms in total. The van der Waals surface area contributed by atoms with Crippen LogP contribution in [0.4, 0.5) is 0 Å². The van der Waals surface area contributed by atoms with Crippen LogP contribution in [-0.2, 0) is 18.4 Å². The Balaban J connectivity index is 2.47. The highest BCUT2D eigenvalue weighted by Crippen LogP contribution is 2.00. The quantitative estimate of drug-likeness (QED) is 0.724. The number of aromatic nitrogens is 3. The van der Waals surface area contributed by atoms with E-state index in [4.69, 9.17) is 5.11 Å². The molecule has 0 radical (unpaired) electrons. The van der Waals surface area contributed by atoms with E-state index in [1.54, 1.807) is 6.33 Å². The lowest BCUT2D eigenvalue weighted by Crippen LogP contribution is -2.27. The van der Waals surface area contributed by atoms with E-state index in [-0.39, 0.29) is 6.42 Å². The summed E-state index contributed by atoms with van der Waals surface area (Å²) in [6, 6.07) is 0. The predicted molar refractivity (Wildman–Crippen MR) is 54.2 cm³/mol. The number of carboxylic acid groups (broad SMARTS) is 1. The SMILES string of the molecule is CCN(CCC(=O)O)Cc1nncn1C. The molecule has 0 bridgehead atoms. The molecule has 6 heteroatoms. The Morgan fingerprint density at radius 1 is 1.67 bits per heavy atom. The summed E-state index contributed by atoms with van der Waals surface area (Å²) < 4.78 is 1.84. The highest BCUT2D eigenvalue weighted by Gasteiger charge is 2.09. The monoisotopic (exact) mass is 212 g/mol. The molecule has 0 unspecified atom stereocenters. The standard InChI is InChI=1S/C9H16N4O2/c1-3-13(5-4-9(14)15)6-8-11-10-7-12(8)2/h7H,3-6H2,1-2H3,(H,14,15).